The average Bonchev–Trinajstić information content (AvgIpc) is 2.79. The van der Waals surface area contributed by atoms with Crippen molar-refractivity contribution in [3.8, 4) is 0 Å². The van der Waals surface area contributed by atoms with Gasteiger partial charge in [-0.3, -0.25) is 4.68 Å². The van der Waals surface area contributed by atoms with Gasteiger partial charge in [0, 0.05) is 31.9 Å². The summed E-state index contributed by atoms with van der Waals surface area (Å²) >= 11 is 0. The molecule has 1 aromatic rings. The second kappa shape index (κ2) is 8.18. The highest BCUT2D eigenvalue weighted by Crippen LogP contribution is 1.97. The lowest BCUT2D eigenvalue weighted by molar-refractivity contribution is 0.276. The van der Waals surface area contributed by atoms with Crippen molar-refractivity contribution in [2.24, 2.45) is 0 Å². The van der Waals surface area contributed by atoms with Gasteiger partial charge in [0.05, 0.1) is 5.69 Å². The van der Waals surface area contributed by atoms with Crippen molar-refractivity contribution >= 4 is 0 Å². The van der Waals surface area contributed by atoms with Gasteiger partial charge in [-0.1, -0.05) is 5.21 Å². The summed E-state index contributed by atoms with van der Waals surface area (Å²) in [6.45, 7) is 4.92. The van der Waals surface area contributed by atoms with Crippen molar-refractivity contribution in [1.29, 1.82) is 0 Å². The van der Waals surface area contributed by atoms with Crippen LogP contribution >= 0.6 is 0 Å². The van der Waals surface area contributed by atoms with Gasteiger partial charge in [0.1, 0.15) is 0 Å². The molecule has 6 nitrogen and oxygen atoms in total. The highest BCUT2D eigenvalue weighted by molar-refractivity contribution is 4.91. The predicted octanol–water partition coefficient (Wildman–Crippen LogP) is 0.0903. The Morgan fingerprint density at radius 2 is 2.28 bits per heavy atom. The van der Waals surface area contributed by atoms with Crippen molar-refractivity contribution in [3.05, 3.63) is 11.9 Å². The Labute approximate surface area is 109 Å². The molecule has 1 atom stereocenters. The Morgan fingerprint density at radius 3 is 2.94 bits per heavy atom. The Hall–Kier alpha value is -0.980. The van der Waals surface area contributed by atoms with Gasteiger partial charge in [0.15, 0.2) is 0 Å². The van der Waals surface area contributed by atoms with E-state index in [4.69, 9.17) is 5.11 Å². The van der Waals surface area contributed by atoms with Crippen molar-refractivity contribution in [2.75, 3.05) is 27.2 Å². The van der Waals surface area contributed by atoms with E-state index in [1.165, 1.54) is 0 Å². The van der Waals surface area contributed by atoms with Crippen LogP contribution in [0.15, 0.2) is 6.20 Å². The molecule has 0 aliphatic carbocycles. The molecule has 0 saturated heterocycles. The molecular formula is C12H25N5O. The van der Waals surface area contributed by atoms with Crippen LogP contribution in [-0.2, 0) is 13.1 Å². The quantitative estimate of drug-likeness (QED) is 0.655. The number of aryl methyl sites for hydroxylation is 1. The smallest absolute Gasteiger partial charge is 0.0964 e. The van der Waals surface area contributed by atoms with Crippen molar-refractivity contribution < 1.29 is 5.11 Å². The van der Waals surface area contributed by atoms with E-state index in [1.54, 1.807) is 4.68 Å². The van der Waals surface area contributed by atoms with E-state index in [-0.39, 0.29) is 6.61 Å². The maximum atomic E-state index is 8.74. The van der Waals surface area contributed by atoms with Gasteiger partial charge in [0.2, 0.25) is 0 Å². The first kappa shape index (κ1) is 15.1. The topological polar surface area (TPSA) is 66.2 Å². The molecule has 1 rings (SSSR count). The molecule has 0 spiro atoms. The standard InChI is InChI=1S/C12H25N5O/c1-11(5-7-16(2)3)13-9-12-10-17(15-14-12)6-4-8-18/h10-11,13,18H,4-9H2,1-3H3. The van der Waals surface area contributed by atoms with Gasteiger partial charge in [-0.25, -0.2) is 0 Å². The summed E-state index contributed by atoms with van der Waals surface area (Å²) < 4.78 is 1.78. The summed E-state index contributed by atoms with van der Waals surface area (Å²) in [6, 6.07) is 0.468. The normalized spacial score (nSPS) is 13.2. The second-order valence-corrected chi connectivity index (χ2v) is 4.92. The minimum Gasteiger partial charge on any atom is -0.396 e. The molecule has 0 radical (unpaired) electrons. The maximum Gasteiger partial charge on any atom is 0.0964 e. The molecule has 0 aliphatic heterocycles. The summed E-state index contributed by atoms with van der Waals surface area (Å²) in [5.41, 5.74) is 0.949. The van der Waals surface area contributed by atoms with Crippen molar-refractivity contribution in [3.63, 3.8) is 0 Å². The Balaban J connectivity index is 2.23. The lowest BCUT2D eigenvalue weighted by Gasteiger charge is -2.15. The summed E-state index contributed by atoms with van der Waals surface area (Å²) in [7, 11) is 4.17. The van der Waals surface area contributed by atoms with E-state index in [0.29, 0.717) is 6.04 Å². The first-order valence-electron chi connectivity index (χ1n) is 6.49. The molecule has 1 aromatic heterocycles. The first-order chi connectivity index (χ1) is 8.61. The van der Waals surface area contributed by atoms with Crippen LogP contribution in [-0.4, -0.2) is 58.3 Å². The molecule has 0 fully saturated rings. The highest BCUT2D eigenvalue weighted by Gasteiger charge is 2.05. The Bertz CT molecular complexity index is 326. The van der Waals surface area contributed by atoms with Gasteiger partial charge < -0.3 is 15.3 Å². The molecule has 0 bridgehead atoms. The van der Waals surface area contributed by atoms with E-state index in [0.717, 1.165) is 38.2 Å². The molecule has 0 aromatic carbocycles. The average molecular weight is 255 g/mol. The second-order valence-electron chi connectivity index (χ2n) is 4.92. The molecule has 6 heteroatoms. The largest absolute Gasteiger partial charge is 0.396 e. The third-order valence-electron chi connectivity index (χ3n) is 2.77. The molecule has 2 N–H and O–H groups in total. The number of hydrogen-bond donors (Lipinski definition) is 2. The summed E-state index contributed by atoms with van der Waals surface area (Å²) in [5.74, 6) is 0. The van der Waals surface area contributed by atoms with Crippen LogP contribution in [0, 0.1) is 0 Å². The van der Waals surface area contributed by atoms with E-state index >= 15 is 0 Å². The van der Waals surface area contributed by atoms with Crippen LogP contribution in [0.25, 0.3) is 0 Å². The fourth-order valence-electron chi connectivity index (χ4n) is 1.59. The van der Waals surface area contributed by atoms with Crippen LogP contribution in [0.4, 0.5) is 0 Å². The molecule has 0 saturated carbocycles. The Kier molecular flexibility index (Phi) is 6.85. The number of nitrogens with one attached hydrogen (secondary N) is 1. The highest BCUT2D eigenvalue weighted by atomic mass is 16.3. The third-order valence-corrected chi connectivity index (χ3v) is 2.77. The number of nitrogens with zero attached hydrogens (tertiary/aromatic N) is 4. The fourth-order valence-corrected chi connectivity index (χ4v) is 1.59. The molecule has 104 valence electrons. The predicted molar refractivity (Wildman–Crippen MR) is 71.2 cm³/mol. The molecule has 1 heterocycles. The lowest BCUT2D eigenvalue weighted by atomic mass is 10.2. The number of aliphatic hydroxyl groups excluding tert-OH is 1. The monoisotopic (exact) mass is 255 g/mol. The number of aliphatic hydroxyl groups is 1. The summed E-state index contributed by atoms with van der Waals surface area (Å²) in [5, 5.41) is 20.3. The van der Waals surface area contributed by atoms with Gasteiger partial charge >= 0.3 is 0 Å². The first-order valence-corrected chi connectivity index (χ1v) is 6.49. The SMILES string of the molecule is CC(CCN(C)C)NCc1cn(CCCO)nn1. The van der Waals surface area contributed by atoms with Gasteiger partial charge in [-0.15, -0.1) is 5.10 Å². The minimum atomic E-state index is 0.189. The third kappa shape index (κ3) is 6.09. The molecular weight excluding hydrogens is 230 g/mol. The van der Waals surface area contributed by atoms with E-state index in [1.807, 2.05) is 6.20 Å². The Morgan fingerprint density at radius 1 is 1.50 bits per heavy atom. The fraction of sp³-hybridized carbons (Fsp3) is 0.833. The molecule has 0 aliphatic rings. The minimum absolute atomic E-state index is 0.189. The molecule has 1 unspecified atom stereocenters. The van der Waals surface area contributed by atoms with E-state index < -0.39 is 0 Å². The van der Waals surface area contributed by atoms with E-state index in [2.05, 4.69) is 41.5 Å². The van der Waals surface area contributed by atoms with Crippen molar-refractivity contribution in [1.82, 2.24) is 25.2 Å². The van der Waals surface area contributed by atoms with Crippen LogP contribution < -0.4 is 5.32 Å². The molecule has 0 amide bonds. The van der Waals surface area contributed by atoms with Gasteiger partial charge in [-0.2, -0.15) is 0 Å². The van der Waals surface area contributed by atoms with E-state index in [9.17, 15) is 0 Å². The number of hydrogen-bond acceptors (Lipinski definition) is 5. The zero-order valence-corrected chi connectivity index (χ0v) is 11.6. The molecule has 18 heavy (non-hydrogen) atoms. The van der Waals surface area contributed by atoms with Crippen LogP contribution in [0.2, 0.25) is 0 Å². The lowest BCUT2D eigenvalue weighted by Crippen LogP contribution is -2.29. The van der Waals surface area contributed by atoms with Crippen LogP contribution in [0.3, 0.4) is 0 Å². The van der Waals surface area contributed by atoms with Crippen LogP contribution in [0.5, 0.6) is 0 Å². The summed E-state index contributed by atoms with van der Waals surface area (Å²) in [4.78, 5) is 2.18. The van der Waals surface area contributed by atoms with Crippen LogP contribution in [0.1, 0.15) is 25.5 Å². The number of rotatable bonds is 9. The number of aromatic nitrogens is 3. The van der Waals surface area contributed by atoms with Gasteiger partial charge in [-0.05, 0) is 40.4 Å². The van der Waals surface area contributed by atoms with Gasteiger partial charge in [0.25, 0.3) is 0 Å². The zero-order chi connectivity index (χ0) is 13.4. The maximum absolute atomic E-state index is 8.74. The zero-order valence-electron chi connectivity index (χ0n) is 11.6. The summed E-state index contributed by atoms with van der Waals surface area (Å²) in [6.07, 6.45) is 3.77. The van der Waals surface area contributed by atoms with Crippen molar-refractivity contribution in [2.45, 2.75) is 38.9 Å².